The van der Waals surface area contributed by atoms with Crippen LogP contribution < -0.4 is 0 Å². The number of hydrogen-bond acceptors (Lipinski definition) is 4. The molecule has 3 aromatic rings. The van der Waals surface area contributed by atoms with Crippen molar-refractivity contribution < 1.29 is 9.21 Å². The van der Waals surface area contributed by atoms with Gasteiger partial charge in [0.25, 0.3) is 5.91 Å². The first-order valence-electron chi connectivity index (χ1n) is 9.08. The number of nitrogens with zero attached hydrogens (tertiary/aromatic N) is 3. The lowest BCUT2D eigenvalue weighted by Gasteiger charge is -2.30. The van der Waals surface area contributed by atoms with Gasteiger partial charge in [-0.25, -0.2) is 4.98 Å². The first kappa shape index (κ1) is 16.1. The number of fused-ring (bicyclic) bond motifs is 1. The monoisotopic (exact) mass is 414 g/mol. The molecule has 2 aliphatic rings. The SMILES string of the molecule is O=C(c1cc2cccc(Br)c2o1)N1CCC(c2nc(C3CC3)n[nH]2)CC1. The molecule has 1 saturated carbocycles. The summed E-state index contributed by atoms with van der Waals surface area (Å²) in [6.45, 7) is 1.42. The third-order valence-corrected chi connectivity index (χ3v) is 5.96. The molecule has 1 aliphatic carbocycles. The van der Waals surface area contributed by atoms with Crippen LogP contribution in [-0.4, -0.2) is 39.1 Å². The first-order chi connectivity index (χ1) is 12.7. The van der Waals surface area contributed by atoms with Gasteiger partial charge in [0.05, 0.1) is 4.47 Å². The summed E-state index contributed by atoms with van der Waals surface area (Å²) >= 11 is 3.47. The van der Waals surface area contributed by atoms with Gasteiger partial charge in [-0.2, -0.15) is 5.10 Å². The molecule has 134 valence electrons. The highest BCUT2D eigenvalue weighted by molar-refractivity contribution is 9.10. The number of halogens is 1. The zero-order valence-corrected chi connectivity index (χ0v) is 15.8. The number of aromatic nitrogens is 3. The molecule has 0 atom stereocenters. The lowest BCUT2D eigenvalue weighted by atomic mass is 9.96. The summed E-state index contributed by atoms with van der Waals surface area (Å²) < 4.78 is 6.66. The zero-order valence-electron chi connectivity index (χ0n) is 14.2. The number of benzene rings is 1. The molecule has 1 aliphatic heterocycles. The predicted molar refractivity (Wildman–Crippen MR) is 100 cm³/mol. The summed E-state index contributed by atoms with van der Waals surface area (Å²) in [6, 6.07) is 7.63. The molecule has 3 heterocycles. The van der Waals surface area contributed by atoms with Crippen LogP contribution in [0.15, 0.2) is 33.2 Å². The quantitative estimate of drug-likeness (QED) is 0.696. The standard InChI is InChI=1S/C19H19BrN4O2/c20-14-3-1-2-13-10-15(26-16(13)14)19(25)24-8-6-12(7-9-24)18-21-17(22-23-18)11-4-5-11/h1-3,10-12H,4-9H2,(H,21,22,23). The van der Waals surface area contributed by atoms with Crippen molar-refractivity contribution in [3.63, 3.8) is 0 Å². The Balaban J connectivity index is 1.27. The number of nitrogens with one attached hydrogen (secondary N) is 1. The smallest absolute Gasteiger partial charge is 0.289 e. The maximum atomic E-state index is 12.8. The molecule has 1 aromatic carbocycles. The fraction of sp³-hybridized carbons (Fsp3) is 0.421. The van der Waals surface area contributed by atoms with Crippen molar-refractivity contribution in [2.45, 2.75) is 37.5 Å². The Hall–Kier alpha value is -2.15. The molecule has 26 heavy (non-hydrogen) atoms. The molecule has 1 saturated heterocycles. The van der Waals surface area contributed by atoms with Gasteiger partial charge in [0.2, 0.25) is 0 Å². The highest BCUT2D eigenvalue weighted by Crippen LogP contribution is 2.38. The van der Waals surface area contributed by atoms with Crippen LogP contribution in [0.4, 0.5) is 0 Å². The Bertz CT molecular complexity index is 967. The Morgan fingerprint density at radius 3 is 2.73 bits per heavy atom. The Kier molecular flexibility index (Phi) is 3.85. The minimum Gasteiger partial charge on any atom is -0.450 e. The number of H-pyrrole nitrogens is 1. The third kappa shape index (κ3) is 2.84. The number of amides is 1. The Morgan fingerprint density at radius 1 is 1.19 bits per heavy atom. The molecule has 7 heteroatoms. The maximum Gasteiger partial charge on any atom is 0.289 e. The molecule has 0 bridgehead atoms. The second-order valence-electron chi connectivity index (χ2n) is 7.19. The minimum atomic E-state index is -0.0391. The van der Waals surface area contributed by atoms with Crippen LogP contribution in [0.2, 0.25) is 0 Å². The van der Waals surface area contributed by atoms with Crippen molar-refractivity contribution in [1.29, 1.82) is 0 Å². The van der Waals surface area contributed by atoms with Crippen LogP contribution >= 0.6 is 15.9 Å². The van der Waals surface area contributed by atoms with Crippen molar-refractivity contribution in [3.8, 4) is 0 Å². The Morgan fingerprint density at radius 2 is 2.00 bits per heavy atom. The number of likely N-dealkylation sites (tertiary alicyclic amines) is 1. The zero-order chi connectivity index (χ0) is 17.7. The molecule has 0 spiro atoms. The lowest BCUT2D eigenvalue weighted by Crippen LogP contribution is -2.37. The molecule has 5 rings (SSSR count). The summed E-state index contributed by atoms with van der Waals surface area (Å²) in [5, 5.41) is 8.40. The van der Waals surface area contributed by atoms with E-state index in [2.05, 4.69) is 31.1 Å². The van der Waals surface area contributed by atoms with E-state index < -0.39 is 0 Å². The van der Waals surface area contributed by atoms with Gasteiger partial charge in [-0.1, -0.05) is 12.1 Å². The molecule has 1 N–H and O–H groups in total. The molecule has 2 aromatic heterocycles. The number of hydrogen-bond donors (Lipinski definition) is 1. The van der Waals surface area contributed by atoms with Gasteiger partial charge in [-0.15, -0.1) is 0 Å². The summed E-state index contributed by atoms with van der Waals surface area (Å²) in [5.41, 5.74) is 0.722. The first-order valence-corrected chi connectivity index (χ1v) is 9.88. The van der Waals surface area contributed by atoms with E-state index in [1.165, 1.54) is 12.8 Å². The van der Waals surface area contributed by atoms with Gasteiger partial charge in [0.15, 0.2) is 11.6 Å². The van der Waals surface area contributed by atoms with Crippen LogP contribution in [0.1, 0.15) is 59.7 Å². The molecular formula is C19H19BrN4O2. The number of para-hydroxylation sites is 1. The van der Waals surface area contributed by atoms with Gasteiger partial charge in [-0.3, -0.25) is 9.89 Å². The van der Waals surface area contributed by atoms with E-state index in [0.29, 0.717) is 30.7 Å². The molecule has 6 nitrogen and oxygen atoms in total. The van der Waals surface area contributed by atoms with E-state index in [1.807, 2.05) is 29.2 Å². The topological polar surface area (TPSA) is 75.0 Å². The summed E-state index contributed by atoms with van der Waals surface area (Å²) in [4.78, 5) is 19.4. The molecule has 2 fully saturated rings. The fourth-order valence-corrected chi connectivity index (χ4v) is 4.10. The third-order valence-electron chi connectivity index (χ3n) is 5.34. The largest absolute Gasteiger partial charge is 0.450 e. The number of rotatable bonds is 3. The second-order valence-corrected chi connectivity index (χ2v) is 8.04. The molecular weight excluding hydrogens is 396 g/mol. The highest BCUT2D eigenvalue weighted by atomic mass is 79.9. The van der Waals surface area contributed by atoms with Crippen LogP contribution in [0.25, 0.3) is 11.0 Å². The number of piperidine rings is 1. The van der Waals surface area contributed by atoms with E-state index in [9.17, 15) is 4.79 Å². The van der Waals surface area contributed by atoms with Gasteiger partial charge in [0.1, 0.15) is 11.4 Å². The van der Waals surface area contributed by atoms with Crippen LogP contribution in [-0.2, 0) is 0 Å². The van der Waals surface area contributed by atoms with Gasteiger partial charge >= 0.3 is 0 Å². The molecule has 1 amide bonds. The van der Waals surface area contributed by atoms with E-state index in [-0.39, 0.29) is 5.91 Å². The number of furan rings is 1. The Labute approximate surface area is 159 Å². The van der Waals surface area contributed by atoms with Gasteiger partial charge < -0.3 is 9.32 Å². The summed E-state index contributed by atoms with van der Waals surface area (Å²) in [5.74, 6) is 3.22. The van der Waals surface area contributed by atoms with E-state index in [1.54, 1.807) is 0 Å². The summed E-state index contributed by atoms with van der Waals surface area (Å²) in [6.07, 6.45) is 4.21. The van der Waals surface area contributed by atoms with Crippen LogP contribution in [0.3, 0.4) is 0 Å². The second kappa shape index (κ2) is 6.23. The van der Waals surface area contributed by atoms with Crippen LogP contribution in [0, 0.1) is 0 Å². The van der Waals surface area contributed by atoms with Crippen molar-refractivity contribution in [3.05, 3.63) is 46.1 Å². The fourth-order valence-electron chi connectivity index (χ4n) is 3.64. The van der Waals surface area contributed by atoms with Crippen molar-refractivity contribution in [1.82, 2.24) is 20.1 Å². The van der Waals surface area contributed by atoms with Crippen molar-refractivity contribution in [2.75, 3.05) is 13.1 Å². The maximum absolute atomic E-state index is 12.8. The summed E-state index contributed by atoms with van der Waals surface area (Å²) in [7, 11) is 0. The predicted octanol–water partition coefficient (Wildman–Crippen LogP) is 4.21. The van der Waals surface area contributed by atoms with E-state index in [4.69, 9.17) is 4.42 Å². The number of carbonyl (C=O) groups is 1. The average molecular weight is 415 g/mol. The number of aromatic amines is 1. The van der Waals surface area contributed by atoms with Crippen LogP contribution in [0.5, 0.6) is 0 Å². The van der Waals surface area contributed by atoms with Crippen molar-refractivity contribution in [2.24, 2.45) is 0 Å². The van der Waals surface area contributed by atoms with E-state index >= 15 is 0 Å². The molecule has 0 radical (unpaired) electrons. The molecule has 0 unspecified atom stereocenters. The van der Waals surface area contributed by atoms with Gasteiger partial charge in [0, 0.05) is 30.3 Å². The average Bonchev–Trinajstić information content (AvgIpc) is 3.22. The highest BCUT2D eigenvalue weighted by Gasteiger charge is 2.31. The van der Waals surface area contributed by atoms with E-state index in [0.717, 1.165) is 39.9 Å². The minimum absolute atomic E-state index is 0.0391. The van der Waals surface area contributed by atoms with Gasteiger partial charge in [-0.05, 0) is 53.7 Å². The normalized spacial score (nSPS) is 18.6. The van der Waals surface area contributed by atoms with Crippen molar-refractivity contribution >= 4 is 32.8 Å². The number of carbonyl (C=O) groups excluding carboxylic acids is 1. The lowest BCUT2D eigenvalue weighted by molar-refractivity contribution is 0.0681.